The molecule has 3 aromatic rings. The fourth-order valence-corrected chi connectivity index (χ4v) is 4.42. The number of aliphatic hydroxyl groups excluding tert-OH is 1. The number of amides is 1. The SMILES string of the molecule is O=C(NC1CC(c2nnc(CO)n2C2CC2)C1)c1cc2sccc2[nH]1. The number of thiophene rings is 1. The average Bonchev–Trinajstić information content (AvgIpc) is 3.00. The van der Waals surface area contributed by atoms with E-state index in [0.29, 0.717) is 23.5 Å². The number of H-pyrrole nitrogens is 1. The summed E-state index contributed by atoms with van der Waals surface area (Å²) in [6.07, 6.45) is 4.01. The Morgan fingerprint density at radius 2 is 2.24 bits per heavy atom. The number of nitrogens with zero attached hydrogens (tertiary/aromatic N) is 3. The van der Waals surface area contributed by atoms with Gasteiger partial charge >= 0.3 is 0 Å². The van der Waals surface area contributed by atoms with Crippen LogP contribution in [0.15, 0.2) is 17.5 Å². The van der Waals surface area contributed by atoms with Crippen LogP contribution in [0.5, 0.6) is 0 Å². The van der Waals surface area contributed by atoms with Gasteiger partial charge in [-0.2, -0.15) is 0 Å². The van der Waals surface area contributed by atoms with Crippen molar-refractivity contribution < 1.29 is 9.90 Å². The fraction of sp³-hybridized carbons (Fsp3) is 0.471. The van der Waals surface area contributed by atoms with Crippen molar-refractivity contribution in [2.75, 3.05) is 0 Å². The Morgan fingerprint density at radius 1 is 1.40 bits per heavy atom. The Bertz CT molecular complexity index is 904. The normalized spacial score (nSPS) is 22.9. The van der Waals surface area contributed by atoms with E-state index in [9.17, 15) is 9.90 Å². The van der Waals surface area contributed by atoms with Crippen molar-refractivity contribution in [3.05, 3.63) is 34.9 Å². The van der Waals surface area contributed by atoms with Crippen molar-refractivity contribution in [2.24, 2.45) is 0 Å². The first-order valence-electron chi connectivity index (χ1n) is 8.64. The van der Waals surface area contributed by atoms with Crippen LogP contribution in [0.1, 0.15) is 59.8 Å². The molecule has 0 spiro atoms. The zero-order chi connectivity index (χ0) is 17.0. The molecule has 0 unspecified atom stereocenters. The van der Waals surface area contributed by atoms with Gasteiger partial charge in [-0.25, -0.2) is 0 Å². The number of rotatable bonds is 5. The van der Waals surface area contributed by atoms with Gasteiger partial charge in [-0.15, -0.1) is 21.5 Å². The zero-order valence-corrected chi connectivity index (χ0v) is 14.4. The predicted molar refractivity (Wildman–Crippen MR) is 93.6 cm³/mol. The number of aliphatic hydroxyl groups is 1. The van der Waals surface area contributed by atoms with Gasteiger partial charge in [0.15, 0.2) is 5.82 Å². The molecule has 3 aromatic heterocycles. The van der Waals surface area contributed by atoms with Gasteiger partial charge in [-0.05, 0) is 43.2 Å². The molecule has 25 heavy (non-hydrogen) atoms. The van der Waals surface area contributed by atoms with Crippen LogP contribution in [-0.2, 0) is 6.61 Å². The number of fused-ring (bicyclic) bond motifs is 1. The Balaban J connectivity index is 1.24. The van der Waals surface area contributed by atoms with Crippen LogP contribution in [-0.4, -0.2) is 36.8 Å². The predicted octanol–water partition coefficient (Wildman–Crippen LogP) is 2.32. The third-order valence-electron chi connectivity index (χ3n) is 5.17. The third kappa shape index (κ3) is 2.56. The van der Waals surface area contributed by atoms with Crippen LogP contribution in [0.2, 0.25) is 0 Å². The largest absolute Gasteiger partial charge is 0.388 e. The first kappa shape index (κ1) is 15.1. The summed E-state index contributed by atoms with van der Waals surface area (Å²) in [7, 11) is 0. The van der Waals surface area contributed by atoms with E-state index in [4.69, 9.17) is 0 Å². The van der Waals surface area contributed by atoms with Crippen LogP contribution in [0.25, 0.3) is 10.2 Å². The second-order valence-electron chi connectivity index (χ2n) is 6.95. The number of carbonyl (C=O) groups excluding carboxylic acids is 1. The van der Waals surface area contributed by atoms with Crippen molar-refractivity contribution in [1.82, 2.24) is 25.1 Å². The lowest BCUT2D eigenvalue weighted by Crippen LogP contribution is -2.44. The molecule has 2 saturated carbocycles. The molecule has 7 nitrogen and oxygen atoms in total. The first-order valence-corrected chi connectivity index (χ1v) is 9.52. The van der Waals surface area contributed by atoms with E-state index in [1.54, 1.807) is 11.3 Å². The van der Waals surface area contributed by atoms with E-state index >= 15 is 0 Å². The molecule has 3 heterocycles. The van der Waals surface area contributed by atoms with E-state index in [1.807, 2.05) is 17.5 Å². The van der Waals surface area contributed by atoms with E-state index in [1.165, 1.54) is 0 Å². The Labute approximate surface area is 148 Å². The molecule has 0 radical (unpaired) electrons. The fourth-order valence-electron chi connectivity index (χ4n) is 3.63. The molecule has 2 aliphatic rings. The van der Waals surface area contributed by atoms with E-state index in [-0.39, 0.29) is 18.6 Å². The number of nitrogens with one attached hydrogen (secondary N) is 2. The van der Waals surface area contributed by atoms with Crippen LogP contribution < -0.4 is 5.32 Å². The summed E-state index contributed by atoms with van der Waals surface area (Å²) in [5, 5.41) is 23.0. The van der Waals surface area contributed by atoms with Gasteiger partial charge in [0.05, 0.1) is 10.2 Å². The molecule has 0 aliphatic heterocycles. The van der Waals surface area contributed by atoms with Crippen molar-refractivity contribution in [2.45, 2.75) is 50.3 Å². The maximum atomic E-state index is 12.4. The lowest BCUT2D eigenvalue weighted by Gasteiger charge is -2.35. The van der Waals surface area contributed by atoms with E-state index in [2.05, 4.69) is 25.1 Å². The van der Waals surface area contributed by atoms with Gasteiger partial charge in [-0.3, -0.25) is 4.79 Å². The van der Waals surface area contributed by atoms with Crippen molar-refractivity contribution in [3.8, 4) is 0 Å². The number of aromatic nitrogens is 4. The topological polar surface area (TPSA) is 95.8 Å². The molecule has 130 valence electrons. The molecule has 0 bridgehead atoms. The van der Waals surface area contributed by atoms with Gasteiger partial charge in [0.25, 0.3) is 5.91 Å². The molecular weight excluding hydrogens is 338 g/mol. The minimum atomic E-state index is -0.0691. The highest BCUT2D eigenvalue weighted by atomic mass is 32.1. The van der Waals surface area contributed by atoms with Gasteiger partial charge < -0.3 is 20.0 Å². The van der Waals surface area contributed by atoms with E-state index < -0.39 is 0 Å². The summed E-state index contributed by atoms with van der Waals surface area (Å²) in [5.74, 6) is 1.89. The summed E-state index contributed by atoms with van der Waals surface area (Å²) >= 11 is 1.63. The lowest BCUT2D eigenvalue weighted by atomic mass is 9.79. The molecule has 2 aliphatic carbocycles. The number of hydrogen-bond donors (Lipinski definition) is 3. The Morgan fingerprint density at radius 3 is 2.96 bits per heavy atom. The number of hydrogen-bond acceptors (Lipinski definition) is 5. The minimum absolute atomic E-state index is 0.0495. The van der Waals surface area contributed by atoms with Crippen LogP contribution in [0.3, 0.4) is 0 Å². The van der Waals surface area contributed by atoms with Crippen LogP contribution >= 0.6 is 11.3 Å². The summed E-state index contributed by atoms with van der Waals surface area (Å²) in [5.41, 5.74) is 1.63. The van der Waals surface area contributed by atoms with Gasteiger partial charge in [-0.1, -0.05) is 0 Å². The minimum Gasteiger partial charge on any atom is -0.388 e. The standard InChI is InChI=1S/C17H19N5O2S/c23-8-15-20-21-16(22(15)11-1-2-11)9-5-10(6-9)18-17(24)13-7-14-12(19-13)3-4-25-14/h3-4,7,9-11,19,23H,1-2,5-6,8H2,(H,18,24). The summed E-state index contributed by atoms with van der Waals surface area (Å²) in [6.45, 7) is -0.0691. The van der Waals surface area contributed by atoms with Gasteiger partial charge in [0.2, 0.25) is 0 Å². The van der Waals surface area contributed by atoms with Crippen molar-refractivity contribution >= 4 is 27.5 Å². The molecular formula is C17H19N5O2S. The molecule has 2 fully saturated rings. The summed E-state index contributed by atoms with van der Waals surface area (Å²) < 4.78 is 3.22. The molecule has 0 atom stereocenters. The quantitative estimate of drug-likeness (QED) is 0.653. The van der Waals surface area contributed by atoms with Crippen molar-refractivity contribution in [1.29, 1.82) is 0 Å². The van der Waals surface area contributed by atoms with Crippen LogP contribution in [0, 0.1) is 0 Å². The monoisotopic (exact) mass is 357 g/mol. The highest BCUT2D eigenvalue weighted by Crippen LogP contribution is 2.42. The average molecular weight is 357 g/mol. The molecule has 3 N–H and O–H groups in total. The zero-order valence-electron chi connectivity index (χ0n) is 13.6. The Kier molecular flexibility index (Phi) is 3.42. The summed E-state index contributed by atoms with van der Waals surface area (Å²) in [4.78, 5) is 15.5. The van der Waals surface area contributed by atoms with Crippen LogP contribution in [0.4, 0.5) is 0 Å². The van der Waals surface area contributed by atoms with Gasteiger partial charge in [0, 0.05) is 18.0 Å². The Hall–Kier alpha value is -2.19. The van der Waals surface area contributed by atoms with Crippen molar-refractivity contribution in [3.63, 3.8) is 0 Å². The summed E-state index contributed by atoms with van der Waals surface area (Å²) in [6, 6.07) is 4.51. The second-order valence-corrected chi connectivity index (χ2v) is 7.90. The molecule has 0 saturated heterocycles. The molecule has 8 heteroatoms. The number of aromatic amines is 1. The highest BCUT2D eigenvalue weighted by molar-refractivity contribution is 7.17. The maximum Gasteiger partial charge on any atom is 0.267 e. The highest BCUT2D eigenvalue weighted by Gasteiger charge is 2.38. The molecule has 1 amide bonds. The number of carbonyl (C=O) groups is 1. The third-order valence-corrected chi connectivity index (χ3v) is 6.03. The second kappa shape index (κ2) is 5.67. The lowest BCUT2D eigenvalue weighted by molar-refractivity contribution is 0.0902. The molecule has 5 rings (SSSR count). The first-order chi connectivity index (χ1) is 12.2. The maximum absolute atomic E-state index is 12.4. The smallest absolute Gasteiger partial charge is 0.267 e. The van der Waals surface area contributed by atoms with Gasteiger partial charge in [0.1, 0.15) is 18.1 Å². The van der Waals surface area contributed by atoms with E-state index in [0.717, 1.165) is 41.7 Å². The molecule has 0 aromatic carbocycles.